The summed E-state index contributed by atoms with van der Waals surface area (Å²) < 4.78 is 5.01. The molecule has 2 aliphatic rings. The summed E-state index contributed by atoms with van der Waals surface area (Å²) in [6.07, 6.45) is 3.02. The molecule has 7 unspecified atom stereocenters. The Morgan fingerprint density at radius 2 is 1.28 bits per heavy atom. The molecule has 28 heteroatoms. The van der Waals surface area contributed by atoms with E-state index < -0.39 is 138 Å². The molecule has 7 atom stereocenters. The maximum Gasteiger partial charge on any atom is 0.250 e. The predicted molar refractivity (Wildman–Crippen MR) is 305 cm³/mol. The Hall–Kier alpha value is -7.72. The summed E-state index contributed by atoms with van der Waals surface area (Å²) in [6, 6.07) is 5.31. The molecular weight excluding hydrogens is 1090 g/mol. The molecule has 1 aliphatic heterocycles. The zero-order chi connectivity index (χ0) is 59.6. The highest BCUT2D eigenvalue weighted by molar-refractivity contribution is 7.81. The Morgan fingerprint density at radius 3 is 1.88 bits per heavy atom. The van der Waals surface area contributed by atoms with Crippen molar-refractivity contribution in [2.24, 2.45) is 33.7 Å². The summed E-state index contributed by atoms with van der Waals surface area (Å²) >= 11 is 9.98. The summed E-state index contributed by atoms with van der Waals surface area (Å²) in [7, 11) is 0. The van der Waals surface area contributed by atoms with Gasteiger partial charge < -0.3 is 70.2 Å². The van der Waals surface area contributed by atoms with Crippen LogP contribution >= 0.6 is 24.8 Å². The van der Waals surface area contributed by atoms with Gasteiger partial charge in [0.05, 0.1) is 19.6 Å². The van der Waals surface area contributed by atoms with E-state index in [4.69, 9.17) is 58.3 Å². The number of ether oxygens (including phenoxy) is 1. The maximum atomic E-state index is 14.5. The number of nitrogens with one attached hydrogen (secondary N) is 7. The average Bonchev–Trinajstić information content (AvgIpc) is 3.97. The van der Waals surface area contributed by atoms with Crippen LogP contribution in [0, 0.1) is 0 Å². The number of imide groups is 1. The second-order valence-corrected chi connectivity index (χ2v) is 21.1. The normalized spacial score (nSPS) is 16.7. The summed E-state index contributed by atoms with van der Waals surface area (Å²) in [5, 5.41) is 18.4. The van der Waals surface area contributed by atoms with Crippen molar-refractivity contribution in [2.45, 2.75) is 150 Å². The molecule has 11 amide bonds. The summed E-state index contributed by atoms with van der Waals surface area (Å²) in [5.74, 6) is -9.24. The molecule has 17 N–H and O–H groups in total. The van der Waals surface area contributed by atoms with Gasteiger partial charge in [-0.25, -0.2) is 0 Å². The number of likely N-dealkylation sites (tertiary alicyclic amines) is 1. The molecule has 1 aliphatic carbocycles. The van der Waals surface area contributed by atoms with Gasteiger partial charge >= 0.3 is 0 Å². The van der Waals surface area contributed by atoms with E-state index >= 15 is 0 Å². The molecule has 2 aromatic carbocycles. The highest BCUT2D eigenvalue weighted by Gasteiger charge is 2.40. The zero-order valence-electron chi connectivity index (χ0n) is 45.3. The lowest BCUT2D eigenvalue weighted by atomic mass is 9.85. The maximum absolute atomic E-state index is 14.5. The zero-order valence-corrected chi connectivity index (χ0v) is 47.0. The quantitative estimate of drug-likeness (QED) is 0.0119. The summed E-state index contributed by atoms with van der Waals surface area (Å²) in [5.41, 5.74) is 28.4. The first-order valence-corrected chi connectivity index (χ1v) is 27.7. The first-order valence-electron chi connectivity index (χ1n) is 26.8. The van der Waals surface area contributed by atoms with Crippen LogP contribution in [0.3, 0.4) is 0 Å². The van der Waals surface area contributed by atoms with Gasteiger partial charge in [0.15, 0.2) is 5.96 Å². The van der Waals surface area contributed by atoms with Gasteiger partial charge in [0.1, 0.15) is 48.0 Å². The van der Waals surface area contributed by atoms with Crippen LogP contribution in [0.15, 0.2) is 59.6 Å². The number of thiol groups is 1. The van der Waals surface area contributed by atoms with Crippen molar-refractivity contribution in [1.29, 1.82) is 0 Å². The van der Waals surface area contributed by atoms with Crippen molar-refractivity contribution in [1.82, 2.24) is 42.1 Å². The van der Waals surface area contributed by atoms with E-state index in [9.17, 15) is 52.7 Å². The Labute approximate surface area is 480 Å². The largest absolute Gasteiger partial charge is 0.494 e. The van der Waals surface area contributed by atoms with Crippen molar-refractivity contribution in [2.75, 3.05) is 26.2 Å². The number of primary amides is 2. The van der Waals surface area contributed by atoms with Crippen LogP contribution in [0.25, 0.3) is 0 Å². The van der Waals surface area contributed by atoms with Crippen LogP contribution in [0.4, 0.5) is 0 Å². The minimum absolute atomic E-state index is 0.00260. The van der Waals surface area contributed by atoms with Crippen molar-refractivity contribution in [3.63, 3.8) is 0 Å². The van der Waals surface area contributed by atoms with E-state index in [-0.39, 0.29) is 57.6 Å². The Bertz CT molecular complexity index is 2580. The molecule has 1 heterocycles. The molecule has 2 fully saturated rings. The molecule has 81 heavy (non-hydrogen) atoms. The number of carbonyl (C=O) groups is 11. The van der Waals surface area contributed by atoms with E-state index in [1.165, 1.54) is 0 Å². The molecule has 0 radical (unpaired) electrons. The number of hydrogen-bond donors (Lipinski definition) is 13. The molecule has 0 spiro atoms. The number of rotatable bonds is 32. The minimum atomic E-state index is -1.82. The standard InChI is InChI=1S/C53H76N14O12S2/c1-2-79-33-17-15-32(16-18-33)26-36(60-43(70)28-53(81)21-7-4-8-22-53)47(74)63-37(25-31-11-5-3-6-12-31)48(75)61-35(19-20-41(55)68)45(72)64-38(27-42(56)69)49(76)65-39(30-80)51(78)67-24-10-14-40(67)50(77)62-34(13-9-23-59-52(57)58)46(73)66-44(71)29-54/h3,5-6,11-12,15-18,30,34-40,81H,2,4,7-10,13-14,19-29,54H2,1H3,(H2,55,68)(H2,56,69)(H,60,70)(H,61,75)(H,62,77)(H,63,74)(H,64,72)(H,65,76)(H4,57,58,59)(H,66,71,73). The van der Waals surface area contributed by atoms with Crippen LogP contribution in [-0.2, 0) is 65.6 Å². The fourth-order valence-electron chi connectivity index (χ4n) is 9.31. The lowest BCUT2D eigenvalue weighted by Gasteiger charge is -2.32. The highest BCUT2D eigenvalue weighted by Crippen LogP contribution is 2.36. The summed E-state index contributed by atoms with van der Waals surface area (Å²) in [6.45, 7) is 1.83. The fourth-order valence-corrected chi connectivity index (χ4v) is 9.96. The Morgan fingerprint density at radius 1 is 0.704 bits per heavy atom. The van der Waals surface area contributed by atoms with Crippen LogP contribution in [0.5, 0.6) is 5.75 Å². The number of nitrogens with two attached hydrogens (primary N) is 5. The minimum Gasteiger partial charge on any atom is -0.494 e. The smallest absolute Gasteiger partial charge is 0.250 e. The van der Waals surface area contributed by atoms with Crippen molar-refractivity contribution in [3.8, 4) is 5.75 Å². The Balaban J connectivity index is 1.56. The third-order valence-electron chi connectivity index (χ3n) is 13.4. The third-order valence-corrected chi connectivity index (χ3v) is 14.3. The number of carbonyl (C=O) groups excluding carboxylic acids is 11. The van der Waals surface area contributed by atoms with Crippen molar-refractivity contribution < 1.29 is 57.5 Å². The molecule has 0 bridgehead atoms. The lowest BCUT2D eigenvalue weighted by molar-refractivity contribution is -0.141. The van der Waals surface area contributed by atoms with E-state index in [2.05, 4.69) is 42.2 Å². The molecule has 1 saturated heterocycles. The predicted octanol–water partition coefficient (Wildman–Crippen LogP) is -2.41. The number of thiocarbonyl (C=S) groups is 1. The van der Waals surface area contributed by atoms with Gasteiger partial charge in [-0.05, 0) is 75.1 Å². The SMILES string of the molecule is CCOc1ccc(CC(NC(=O)CC2(S)CCCCC2)C(=O)NC(Cc2ccccc2)C(=O)NC(CCC(N)=O)C(=O)NC(CC(N)=O)C(=O)NC(C=S)C(=O)N2CCCC2C(=O)NC(CCCN=C(N)N)C(=O)NC(=O)CN)cc1. The van der Waals surface area contributed by atoms with Gasteiger partial charge in [0, 0.05) is 48.9 Å². The van der Waals surface area contributed by atoms with Gasteiger partial charge in [-0.1, -0.05) is 73.9 Å². The van der Waals surface area contributed by atoms with Crippen LogP contribution < -0.4 is 70.6 Å². The van der Waals surface area contributed by atoms with Crippen molar-refractivity contribution >= 4 is 101 Å². The molecule has 4 rings (SSSR count). The number of aliphatic imine (C=N–C) groups is 1. The van der Waals surface area contributed by atoms with Crippen LogP contribution in [0.1, 0.15) is 102 Å². The van der Waals surface area contributed by atoms with Gasteiger partial charge in [0.25, 0.3) is 5.91 Å². The van der Waals surface area contributed by atoms with Gasteiger partial charge in [-0.15, -0.1) is 0 Å². The average molecular weight is 1170 g/mol. The van der Waals surface area contributed by atoms with Gasteiger partial charge in [-0.3, -0.25) is 63.0 Å². The molecule has 2 aromatic rings. The topological polar surface area (TPSA) is 427 Å². The molecular formula is C53H76N14O12S2. The first-order chi connectivity index (χ1) is 38.5. The van der Waals surface area contributed by atoms with E-state index in [1.807, 2.05) is 6.92 Å². The van der Waals surface area contributed by atoms with E-state index in [1.54, 1.807) is 54.6 Å². The second-order valence-electron chi connectivity index (χ2n) is 19.9. The fraction of sp³-hybridized carbons (Fsp3) is 0.528. The van der Waals surface area contributed by atoms with Crippen LogP contribution in [-0.4, -0.2) is 154 Å². The third kappa shape index (κ3) is 22.4. The van der Waals surface area contributed by atoms with E-state index in [0.29, 0.717) is 42.7 Å². The van der Waals surface area contributed by atoms with Gasteiger partial charge in [-0.2, -0.15) is 12.6 Å². The number of guanidine groups is 1. The molecule has 442 valence electrons. The second kappa shape index (κ2) is 33.1. The molecule has 0 aromatic heterocycles. The van der Waals surface area contributed by atoms with Crippen LogP contribution in [0.2, 0.25) is 0 Å². The number of hydrogen-bond acceptors (Lipinski definition) is 16. The number of amides is 11. The monoisotopic (exact) mass is 1160 g/mol. The highest BCUT2D eigenvalue weighted by atomic mass is 32.1. The Kier molecular flexibility index (Phi) is 26.9. The lowest BCUT2D eigenvalue weighted by Crippen LogP contribution is -2.61. The first kappa shape index (κ1) is 65.8. The number of benzene rings is 2. The molecule has 26 nitrogen and oxygen atoms in total. The summed E-state index contributed by atoms with van der Waals surface area (Å²) in [4.78, 5) is 153. The molecule has 1 saturated carbocycles. The van der Waals surface area contributed by atoms with Crippen molar-refractivity contribution in [3.05, 3.63) is 65.7 Å². The van der Waals surface area contributed by atoms with E-state index in [0.717, 1.165) is 29.5 Å². The van der Waals surface area contributed by atoms with Gasteiger partial charge in [0.2, 0.25) is 59.1 Å². The number of nitrogens with zero attached hydrogens (tertiary/aromatic N) is 2.